The normalized spacial score (nSPS) is 11.7. The highest BCUT2D eigenvalue weighted by Gasteiger charge is 2.25. The van der Waals surface area contributed by atoms with Crippen molar-refractivity contribution in [3.63, 3.8) is 0 Å². The highest BCUT2D eigenvalue weighted by molar-refractivity contribution is 7.90. The van der Waals surface area contributed by atoms with Crippen molar-refractivity contribution >= 4 is 38.3 Å². The molecule has 0 saturated carbocycles. The number of carboxylic acids is 1. The minimum Gasteiger partial charge on any atom is -0.478 e. The first-order valence-corrected chi connectivity index (χ1v) is 15.6. The molecular weight excluding hydrogens is 556 g/mol. The summed E-state index contributed by atoms with van der Waals surface area (Å²) < 4.78 is 28.7. The Balaban J connectivity index is 1.63. The molecule has 1 heterocycles. The summed E-state index contributed by atoms with van der Waals surface area (Å²) in [4.78, 5) is 11.2. The number of halogens is 1. The molecule has 0 aliphatic heterocycles. The predicted molar refractivity (Wildman–Crippen MR) is 166 cm³/mol. The zero-order valence-electron chi connectivity index (χ0n) is 22.7. The largest absolute Gasteiger partial charge is 0.478 e. The number of hydrogen-bond acceptors (Lipinski definition) is 4. The molecule has 5 aromatic rings. The second-order valence-electron chi connectivity index (χ2n) is 10.1. The third-order valence-corrected chi connectivity index (χ3v) is 9.43. The van der Waals surface area contributed by atoms with Crippen molar-refractivity contribution in [3.8, 4) is 22.3 Å². The van der Waals surface area contributed by atoms with Gasteiger partial charge < -0.3 is 15.4 Å². The molecule has 0 radical (unpaired) electrons. The predicted octanol–water partition coefficient (Wildman–Crippen LogP) is 6.52. The van der Waals surface area contributed by atoms with Crippen LogP contribution in [0.1, 0.15) is 27.2 Å². The Bertz CT molecular complexity index is 1820. The van der Waals surface area contributed by atoms with Crippen LogP contribution in [0.3, 0.4) is 0 Å². The van der Waals surface area contributed by atoms with E-state index < -0.39 is 15.8 Å². The van der Waals surface area contributed by atoms with E-state index in [4.69, 9.17) is 22.4 Å². The Labute approximate surface area is 244 Å². The quantitative estimate of drug-likeness (QED) is 0.194. The molecule has 0 saturated heterocycles. The highest BCUT2D eigenvalue weighted by atomic mass is 35.5. The van der Waals surface area contributed by atoms with Gasteiger partial charge in [0.15, 0.2) is 9.84 Å². The average Bonchev–Trinajstić information content (AvgIpc) is 3.22. The van der Waals surface area contributed by atoms with Crippen molar-refractivity contribution in [2.45, 2.75) is 18.6 Å². The monoisotopic (exact) mass is 586 g/mol. The molecule has 0 bridgehead atoms. The van der Waals surface area contributed by atoms with E-state index in [1.54, 1.807) is 12.1 Å². The van der Waals surface area contributed by atoms with Crippen molar-refractivity contribution < 1.29 is 18.3 Å². The molecule has 4 aromatic carbocycles. The molecule has 0 spiro atoms. The van der Waals surface area contributed by atoms with Crippen molar-refractivity contribution in [1.29, 1.82) is 0 Å². The van der Waals surface area contributed by atoms with Gasteiger partial charge in [-0.05, 0) is 53.4 Å². The van der Waals surface area contributed by atoms with Crippen molar-refractivity contribution in [1.82, 2.24) is 4.57 Å². The fourth-order valence-corrected chi connectivity index (χ4v) is 7.19. The molecule has 5 rings (SSSR count). The number of benzene rings is 4. The Kier molecular flexibility index (Phi) is 8.31. The van der Waals surface area contributed by atoms with E-state index in [9.17, 15) is 13.2 Å². The topological polar surface area (TPSA) is 102 Å². The summed E-state index contributed by atoms with van der Waals surface area (Å²) in [5.74, 6) is -1.29. The van der Waals surface area contributed by atoms with Crippen LogP contribution in [0, 0.1) is 0 Å². The number of carboxylic acid groups (broad SMARTS) is 1. The maximum absolute atomic E-state index is 13.3. The molecule has 0 fully saturated rings. The number of nitrogens with zero attached hydrogens (tertiary/aromatic N) is 1. The first kappa shape index (κ1) is 28.6. The standard InChI is InChI=1S/C33H31ClN2O4S/c1-36-28(16-18-35)26(17-19-41(39,40)21-22-12-14-25(15-13-22)33(37)38)31-29(36)20-27(23-8-4-2-5-9-23)32(34)30(31)24-10-6-3-7-11-24/h2-15,20H,16-19,21,35H2,1H3,(H,37,38). The van der Waals surface area contributed by atoms with Gasteiger partial charge in [0, 0.05) is 41.2 Å². The minimum atomic E-state index is -3.52. The van der Waals surface area contributed by atoms with Crippen molar-refractivity contribution in [2.24, 2.45) is 12.8 Å². The Morgan fingerprint density at radius 2 is 1.51 bits per heavy atom. The van der Waals surface area contributed by atoms with Gasteiger partial charge in [0.2, 0.25) is 0 Å². The molecule has 0 aliphatic rings. The van der Waals surface area contributed by atoms with Gasteiger partial charge in [-0.2, -0.15) is 0 Å². The van der Waals surface area contributed by atoms with Crippen LogP contribution in [0.25, 0.3) is 33.2 Å². The lowest BCUT2D eigenvalue weighted by Gasteiger charge is -2.15. The molecule has 210 valence electrons. The molecule has 41 heavy (non-hydrogen) atoms. The van der Waals surface area contributed by atoms with Crippen LogP contribution in [0.4, 0.5) is 0 Å². The van der Waals surface area contributed by atoms with Gasteiger partial charge in [-0.3, -0.25) is 0 Å². The Morgan fingerprint density at radius 3 is 2.10 bits per heavy atom. The lowest BCUT2D eigenvalue weighted by molar-refractivity contribution is 0.0697. The van der Waals surface area contributed by atoms with E-state index in [1.165, 1.54) is 12.1 Å². The molecular formula is C33H31ClN2O4S. The summed E-state index contributed by atoms with van der Waals surface area (Å²) >= 11 is 7.21. The van der Waals surface area contributed by atoms with Gasteiger partial charge in [-0.25, -0.2) is 13.2 Å². The van der Waals surface area contributed by atoms with Gasteiger partial charge in [-0.15, -0.1) is 0 Å². The van der Waals surface area contributed by atoms with Gasteiger partial charge >= 0.3 is 5.97 Å². The smallest absolute Gasteiger partial charge is 0.335 e. The van der Waals surface area contributed by atoms with Gasteiger partial charge in [0.1, 0.15) is 0 Å². The van der Waals surface area contributed by atoms with Crippen LogP contribution in [0.5, 0.6) is 0 Å². The van der Waals surface area contributed by atoms with E-state index in [0.717, 1.165) is 44.4 Å². The number of nitrogens with two attached hydrogens (primary N) is 1. The molecule has 3 N–H and O–H groups in total. The van der Waals surface area contributed by atoms with Gasteiger partial charge in [0.25, 0.3) is 0 Å². The van der Waals surface area contributed by atoms with E-state index in [0.29, 0.717) is 30.0 Å². The average molecular weight is 587 g/mol. The number of aromatic carboxylic acids is 1. The number of carbonyl (C=O) groups is 1. The molecule has 1 aromatic heterocycles. The van der Waals surface area contributed by atoms with Gasteiger partial charge in [0.05, 0.1) is 22.1 Å². The first-order chi connectivity index (χ1) is 19.7. The molecule has 8 heteroatoms. The molecule has 0 amide bonds. The maximum Gasteiger partial charge on any atom is 0.335 e. The number of rotatable bonds is 10. The number of hydrogen-bond donors (Lipinski definition) is 2. The summed E-state index contributed by atoms with van der Waals surface area (Å²) in [7, 11) is -1.52. The van der Waals surface area contributed by atoms with Crippen LogP contribution in [-0.4, -0.2) is 36.4 Å². The van der Waals surface area contributed by atoms with Crippen molar-refractivity contribution in [3.05, 3.63) is 118 Å². The lowest BCUT2D eigenvalue weighted by atomic mass is 9.92. The molecule has 0 unspecified atom stereocenters. The second kappa shape index (κ2) is 11.9. The molecule has 6 nitrogen and oxygen atoms in total. The molecule has 0 aliphatic carbocycles. The first-order valence-electron chi connectivity index (χ1n) is 13.4. The maximum atomic E-state index is 13.3. The van der Waals surface area contributed by atoms with E-state index >= 15 is 0 Å². The van der Waals surface area contributed by atoms with Crippen LogP contribution in [0.2, 0.25) is 5.02 Å². The zero-order valence-corrected chi connectivity index (χ0v) is 24.3. The van der Waals surface area contributed by atoms with E-state index in [2.05, 4.69) is 10.6 Å². The van der Waals surface area contributed by atoms with Crippen molar-refractivity contribution in [2.75, 3.05) is 12.3 Å². The van der Waals surface area contributed by atoms with Crippen LogP contribution >= 0.6 is 11.6 Å². The van der Waals surface area contributed by atoms with E-state index in [1.807, 2.05) is 67.7 Å². The summed E-state index contributed by atoms with van der Waals surface area (Å²) in [6, 6.07) is 28.0. The third-order valence-electron chi connectivity index (χ3n) is 7.44. The summed E-state index contributed by atoms with van der Waals surface area (Å²) in [6.45, 7) is 0.416. The number of fused-ring (bicyclic) bond motifs is 1. The van der Waals surface area contributed by atoms with Gasteiger partial charge in [-0.1, -0.05) is 84.4 Å². The fraction of sp³-hybridized carbons (Fsp3) is 0.182. The van der Waals surface area contributed by atoms with Crippen LogP contribution in [0.15, 0.2) is 91.0 Å². The summed E-state index contributed by atoms with van der Waals surface area (Å²) in [5, 5.41) is 10.7. The number of aromatic nitrogens is 1. The Morgan fingerprint density at radius 1 is 0.902 bits per heavy atom. The minimum absolute atomic E-state index is 0.0728. The Hall–Kier alpha value is -3.91. The second-order valence-corrected chi connectivity index (χ2v) is 12.7. The number of sulfone groups is 1. The van der Waals surface area contributed by atoms with Crippen LogP contribution in [-0.2, 0) is 35.5 Å². The highest BCUT2D eigenvalue weighted by Crippen LogP contribution is 2.45. The van der Waals surface area contributed by atoms with Crippen LogP contribution < -0.4 is 5.73 Å². The lowest BCUT2D eigenvalue weighted by Crippen LogP contribution is -2.14. The number of aryl methyl sites for hydroxylation is 2. The van der Waals surface area contributed by atoms with E-state index in [-0.39, 0.29) is 17.1 Å². The SMILES string of the molecule is Cn1c(CCN)c(CCS(=O)(=O)Cc2ccc(C(=O)O)cc2)c2c(-c3ccccc3)c(Cl)c(-c3ccccc3)cc21. The fourth-order valence-electron chi connectivity index (χ4n) is 5.46. The summed E-state index contributed by atoms with van der Waals surface area (Å²) in [5.41, 5.74) is 13.3. The zero-order chi connectivity index (χ0) is 29.1. The molecule has 0 atom stereocenters. The third kappa shape index (κ3) is 5.93. The summed E-state index contributed by atoms with van der Waals surface area (Å²) in [6.07, 6.45) is 0.882.